The first-order valence-electron chi connectivity index (χ1n) is 9.23. The van der Waals surface area contributed by atoms with Crippen LogP contribution in [0.1, 0.15) is 34.8 Å². The quantitative estimate of drug-likeness (QED) is 0.653. The third kappa shape index (κ3) is 2.43. The van der Waals surface area contributed by atoms with E-state index in [9.17, 15) is 0 Å². The van der Waals surface area contributed by atoms with Gasteiger partial charge in [0.25, 0.3) is 0 Å². The predicted molar refractivity (Wildman–Crippen MR) is 108 cm³/mol. The topological polar surface area (TPSA) is 30.2 Å². The second-order valence-electron chi connectivity index (χ2n) is 7.10. The Morgan fingerprint density at radius 3 is 2.81 bits per heavy atom. The number of rotatable bonds is 2. The summed E-state index contributed by atoms with van der Waals surface area (Å²) in [4.78, 5) is 8.82. The molecule has 3 aromatic rings. The highest BCUT2D eigenvalue weighted by Gasteiger charge is 2.22. The van der Waals surface area contributed by atoms with Gasteiger partial charge in [0.1, 0.15) is 0 Å². The molecular formula is C23H21N3. The van der Waals surface area contributed by atoms with E-state index in [1.807, 2.05) is 18.6 Å². The number of allylic oxidation sites excluding steroid dienone is 4. The van der Waals surface area contributed by atoms with Crippen LogP contribution in [0.3, 0.4) is 0 Å². The molecule has 0 N–H and O–H groups in total. The summed E-state index contributed by atoms with van der Waals surface area (Å²) in [5, 5.41) is 1.22. The summed E-state index contributed by atoms with van der Waals surface area (Å²) in [7, 11) is 0. The second-order valence-corrected chi connectivity index (χ2v) is 7.10. The molecule has 0 fully saturated rings. The number of aliphatic imine (C=N–C) groups is 1. The molecule has 0 saturated heterocycles. The molecule has 128 valence electrons. The van der Waals surface area contributed by atoms with Crippen molar-refractivity contribution in [2.45, 2.75) is 25.8 Å². The van der Waals surface area contributed by atoms with Gasteiger partial charge < -0.3 is 4.57 Å². The predicted octanol–water partition coefficient (Wildman–Crippen LogP) is 4.90. The van der Waals surface area contributed by atoms with Gasteiger partial charge in [0.05, 0.1) is 11.6 Å². The van der Waals surface area contributed by atoms with Crippen molar-refractivity contribution < 1.29 is 0 Å². The van der Waals surface area contributed by atoms with Crippen LogP contribution in [0, 0.1) is 6.92 Å². The van der Waals surface area contributed by atoms with E-state index in [4.69, 9.17) is 0 Å². The highest BCUT2D eigenvalue weighted by atomic mass is 15.0. The molecule has 0 spiro atoms. The van der Waals surface area contributed by atoms with Crippen LogP contribution in [0.5, 0.6) is 0 Å². The van der Waals surface area contributed by atoms with E-state index in [0.717, 1.165) is 19.4 Å². The smallest absolute Gasteiger partial charge is 0.0557 e. The summed E-state index contributed by atoms with van der Waals surface area (Å²) in [6.07, 6.45) is 14.9. The van der Waals surface area contributed by atoms with Gasteiger partial charge in [-0.2, -0.15) is 0 Å². The van der Waals surface area contributed by atoms with Crippen molar-refractivity contribution in [3.63, 3.8) is 0 Å². The van der Waals surface area contributed by atoms with E-state index in [0.29, 0.717) is 6.04 Å². The van der Waals surface area contributed by atoms with Crippen molar-refractivity contribution in [2.75, 3.05) is 6.54 Å². The molecule has 0 bridgehead atoms. The van der Waals surface area contributed by atoms with Crippen LogP contribution in [0.4, 0.5) is 0 Å². The van der Waals surface area contributed by atoms with Gasteiger partial charge in [-0.05, 0) is 30.5 Å². The lowest BCUT2D eigenvalue weighted by atomic mass is 9.96. The van der Waals surface area contributed by atoms with Gasteiger partial charge in [0.15, 0.2) is 0 Å². The van der Waals surface area contributed by atoms with Crippen LogP contribution in [0.2, 0.25) is 0 Å². The zero-order chi connectivity index (χ0) is 17.5. The zero-order valence-electron chi connectivity index (χ0n) is 14.9. The maximum atomic E-state index is 4.49. The number of aromatic nitrogens is 2. The molecule has 3 nitrogen and oxygen atoms in total. The SMILES string of the molecule is Cc1ccc(C2=CCC(n3c4c(c5cnccc53)C=NCC4)C=C2)cc1. The third-order valence-corrected chi connectivity index (χ3v) is 5.44. The molecule has 1 atom stereocenters. The van der Waals surface area contributed by atoms with Gasteiger partial charge in [-0.25, -0.2) is 0 Å². The fraction of sp³-hybridized carbons (Fsp3) is 0.217. The van der Waals surface area contributed by atoms with Crippen molar-refractivity contribution in [1.82, 2.24) is 9.55 Å². The van der Waals surface area contributed by atoms with Crippen LogP contribution in [-0.4, -0.2) is 22.3 Å². The number of hydrogen-bond acceptors (Lipinski definition) is 2. The van der Waals surface area contributed by atoms with Gasteiger partial charge in [-0.1, -0.05) is 48.1 Å². The molecule has 0 radical (unpaired) electrons. The normalized spacial score (nSPS) is 18.8. The zero-order valence-corrected chi connectivity index (χ0v) is 14.9. The highest BCUT2D eigenvalue weighted by Crippen LogP contribution is 2.35. The van der Waals surface area contributed by atoms with Crippen LogP contribution < -0.4 is 0 Å². The molecular weight excluding hydrogens is 318 g/mol. The minimum absolute atomic E-state index is 0.351. The number of pyridine rings is 1. The second kappa shape index (κ2) is 6.10. The maximum absolute atomic E-state index is 4.49. The summed E-state index contributed by atoms with van der Waals surface area (Å²) in [6, 6.07) is 11.3. The summed E-state index contributed by atoms with van der Waals surface area (Å²) < 4.78 is 2.50. The minimum atomic E-state index is 0.351. The molecule has 3 heterocycles. The van der Waals surface area contributed by atoms with Crippen molar-refractivity contribution in [3.8, 4) is 0 Å². The Labute approximate surface area is 153 Å². The first-order valence-corrected chi connectivity index (χ1v) is 9.23. The molecule has 0 saturated carbocycles. The third-order valence-electron chi connectivity index (χ3n) is 5.44. The molecule has 2 aliphatic rings. The number of benzene rings is 1. The Bertz CT molecular complexity index is 1060. The van der Waals surface area contributed by atoms with E-state index in [1.54, 1.807) is 0 Å². The minimum Gasteiger partial charge on any atom is -0.337 e. The fourth-order valence-electron chi connectivity index (χ4n) is 4.10. The Balaban J connectivity index is 1.54. The number of fused-ring (bicyclic) bond motifs is 3. The van der Waals surface area contributed by atoms with Gasteiger partial charge in [0.2, 0.25) is 0 Å². The Morgan fingerprint density at radius 2 is 2.00 bits per heavy atom. The van der Waals surface area contributed by atoms with Crippen molar-refractivity contribution in [2.24, 2.45) is 4.99 Å². The van der Waals surface area contributed by atoms with Crippen LogP contribution >= 0.6 is 0 Å². The van der Waals surface area contributed by atoms with Crippen molar-refractivity contribution in [3.05, 3.63) is 83.3 Å². The Kier molecular flexibility index (Phi) is 3.59. The molecule has 0 amide bonds. The number of hydrogen-bond donors (Lipinski definition) is 0. The van der Waals surface area contributed by atoms with E-state index in [2.05, 4.69) is 70.0 Å². The standard InChI is InChI=1S/C23H21N3/c1-16-2-4-17(5-3-16)18-6-8-19(9-7-18)26-22-10-12-24-14-20(22)21-15-25-13-11-23(21)26/h2-8,10,12,14-15,19H,9,11,13H2,1H3. The van der Waals surface area contributed by atoms with E-state index in [-0.39, 0.29) is 0 Å². The van der Waals surface area contributed by atoms with E-state index in [1.165, 1.54) is 38.9 Å². The first-order chi connectivity index (χ1) is 12.8. The molecule has 1 aromatic carbocycles. The summed E-state index contributed by atoms with van der Waals surface area (Å²) in [6.45, 7) is 3.00. The maximum Gasteiger partial charge on any atom is 0.0557 e. The largest absolute Gasteiger partial charge is 0.337 e. The summed E-state index contributed by atoms with van der Waals surface area (Å²) >= 11 is 0. The molecule has 2 aromatic heterocycles. The van der Waals surface area contributed by atoms with Gasteiger partial charge in [0, 0.05) is 48.2 Å². The lowest BCUT2D eigenvalue weighted by Gasteiger charge is -2.23. The molecule has 3 heteroatoms. The monoisotopic (exact) mass is 339 g/mol. The van der Waals surface area contributed by atoms with E-state index < -0.39 is 0 Å². The average Bonchev–Trinajstić information content (AvgIpc) is 3.03. The van der Waals surface area contributed by atoms with Crippen LogP contribution in [0.15, 0.2) is 65.9 Å². The van der Waals surface area contributed by atoms with Crippen LogP contribution in [0.25, 0.3) is 16.5 Å². The summed E-state index contributed by atoms with van der Waals surface area (Å²) in [5.74, 6) is 0. The fourth-order valence-corrected chi connectivity index (χ4v) is 4.10. The van der Waals surface area contributed by atoms with E-state index >= 15 is 0 Å². The lowest BCUT2D eigenvalue weighted by Crippen LogP contribution is -2.14. The summed E-state index contributed by atoms with van der Waals surface area (Å²) in [5.41, 5.74) is 7.81. The molecule has 26 heavy (non-hydrogen) atoms. The molecule has 5 rings (SSSR count). The first kappa shape index (κ1) is 15.3. The molecule has 1 aliphatic heterocycles. The average molecular weight is 339 g/mol. The molecule has 1 unspecified atom stereocenters. The Morgan fingerprint density at radius 1 is 1.12 bits per heavy atom. The molecule has 1 aliphatic carbocycles. The Hall–Kier alpha value is -2.94. The van der Waals surface area contributed by atoms with Crippen molar-refractivity contribution in [1.29, 1.82) is 0 Å². The van der Waals surface area contributed by atoms with Gasteiger partial charge in [-0.15, -0.1) is 0 Å². The lowest BCUT2D eigenvalue weighted by molar-refractivity contribution is 0.600. The van der Waals surface area contributed by atoms with Gasteiger partial charge in [-0.3, -0.25) is 9.98 Å². The number of aryl methyl sites for hydroxylation is 1. The van der Waals surface area contributed by atoms with Crippen molar-refractivity contribution >= 4 is 22.7 Å². The van der Waals surface area contributed by atoms with Gasteiger partial charge >= 0.3 is 0 Å². The highest BCUT2D eigenvalue weighted by molar-refractivity contribution is 6.01. The number of nitrogens with zero attached hydrogens (tertiary/aromatic N) is 3. The van der Waals surface area contributed by atoms with Crippen LogP contribution in [-0.2, 0) is 6.42 Å².